The number of hydrogen-bond acceptors (Lipinski definition) is 2. The van der Waals surface area contributed by atoms with Crippen LogP contribution in [0.25, 0.3) is 0 Å². The van der Waals surface area contributed by atoms with Gasteiger partial charge in [-0.15, -0.1) is 0 Å². The molecule has 0 unspecified atom stereocenters. The molecule has 0 heterocycles. The number of rotatable bonds is 9. The lowest BCUT2D eigenvalue weighted by molar-refractivity contribution is 0.0502. The summed E-state index contributed by atoms with van der Waals surface area (Å²) in [6.07, 6.45) is 12.3. The van der Waals surface area contributed by atoms with Crippen LogP contribution in [0.15, 0.2) is 18.2 Å². The molecule has 124 valence electrons. The van der Waals surface area contributed by atoms with Gasteiger partial charge in [-0.2, -0.15) is 0 Å². The third-order valence-electron chi connectivity index (χ3n) is 4.89. The van der Waals surface area contributed by atoms with E-state index in [1.807, 2.05) is 0 Å². The van der Waals surface area contributed by atoms with Crippen molar-refractivity contribution < 1.29 is 5.11 Å². The molecule has 0 radical (unpaired) electrons. The molecule has 1 aromatic carbocycles. The molecule has 0 aliphatic heterocycles. The molecule has 1 aliphatic carbocycles. The van der Waals surface area contributed by atoms with E-state index >= 15 is 0 Å². The van der Waals surface area contributed by atoms with Crippen molar-refractivity contribution >= 4 is 0 Å². The Morgan fingerprint density at radius 2 is 1.91 bits per heavy atom. The normalized spacial score (nSPS) is 19.9. The van der Waals surface area contributed by atoms with Gasteiger partial charge >= 0.3 is 0 Å². The molecule has 0 fully saturated rings. The van der Waals surface area contributed by atoms with Gasteiger partial charge in [0, 0.05) is 0 Å². The predicted molar refractivity (Wildman–Crippen MR) is 94.0 cm³/mol. The minimum atomic E-state index is -1.05. The van der Waals surface area contributed by atoms with E-state index in [2.05, 4.69) is 25.1 Å². The number of aryl methyl sites for hydroxylation is 2. The van der Waals surface area contributed by atoms with Crippen molar-refractivity contribution in [2.45, 2.75) is 89.7 Å². The lowest BCUT2D eigenvalue weighted by Gasteiger charge is -2.22. The summed E-state index contributed by atoms with van der Waals surface area (Å²) >= 11 is 0. The van der Waals surface area contributed by atoms with Gasteiger partial charge in [0.05, 0.1) is 0 Å². The average Bonchev–Trinajstić information content (AvgIpc) is 2.83. The summed E-state index contributed by atoms with van der Waals surface area (Å²) in [6.45, 7) is 3.97. The minimum absolute atomic E-state index is 0.429. The highest BCUT2D eigenvalue weighted by molar-refractivity contribution is 5.38. The Bertz CT molecular complexity index is 461. The highest BCUT2D eigenvalue weighted by Gasteiger charge is 2.28. The topological polar surface area (TPSA) is 46.2 Å². The van der Waals surface area contributed by atoms with Crippen molar-refractivity contribution in [3.63, 3.8) is 0 Å². The highest BCUT2D eigenvalue weighted by Crippen LogP contribution is 2.38. The lowest BCUT2D eigenvalue weighted by Crippen LogP contribution is -2.36. The van der Waals surface area contributed by atoms with Gasteiger partial charge in [-0.1, -0.05) is 57.2 Å². The fourth-order valence-corrected chi connectivity index (χ4v) is 3.73. The number of benzene rings is 1. The molecule has 3 N–H and O–H groups in total. The third kappa shape index (κ3) is 5.40. The number of hydrogen-bond donors (Lipinski definition) is 2. The van der Waals surface area contributed by atoms with Gasteiger partial charge < -0.3 is 10.8 Å². The summed E-state index contributed by atoms with van der Waals surface area (Å²) in [4.78, 5) is 0. The second-order valence-corrected chi connectivity index (χ2v) is 7.35. The quantitative estimate of drug-likeness (QED) is 0.514. The van der Waals surface area contributed by atoms with E-state index in [1.165, 1.54) is 61.6 Å². The maximum absolute atomic E-state index is 9.84. The van der Waals surface area contributed by atoms with Gasteiger partial charge in [-0.3, -0.25) is 0 Å². The Hall–Kier alpha value is -0.860. The Kier molecular flexibility index (Phi) is 6.46. The molecular formula is C20H33NO. The molecule has 0 spiro atoms. The largest absolute Gasteiger partial charge is 0.376 e. The van der Waals surface area contributed by atoms with Crippen LogP contribution in [0.5, 0.6) is 0 Å². The average molecular weight is 303 g/mol. The van der Waals surface area contributed by atoms with Crippen LogP contribution in [0.1, 0.15) is 87.8 Å². The highest BCUT2D eigenvalue weighted by atomic mass is 16.3. The van der Waals surface area contributed by atoms with E-state index in [-0.39, 0.29) is 0 Å². The van der Waals surface area contributed by atoms with Crippen LogP contribution in [0, 0.1) is 0 Å². The zero-order valence-corrected chi connectivity index (χ0v) is 14.4. The summed E-state index contributed by atoms with van der Waals surface area (Å²) in [7, 11) is 0. The molecule has 0 aromatic heterocycles. The summed E-state index contributed by atoms with van der Waals surface area (Å²) < 4.78 is 0. The molecule has 1 aliphatic rings. The van der Waals surface area contributed by atoms with E-state index in [1.54, 1.807) is 6.92 Å². The fraction of sp³-hybridized carbons (Fsp3) is 0.700. The van der Waals surface area contributed by atoms with Gasteiger partial charge in [0.15, 0.2) is 0 Å². The van der Waals surface area contributed by atoms with E-state index in [0.717, 1.165) is 12.8 Å². The summed E-state index contributed by atoms with van der Waals surface area (Å²) in [5, 5.41) is 9.84. The predicted octanol–water partition coefficient (Wildman–Crippen LogP) is 4.68. The van der Waals surface area contributed by atoms with Crippen molar-refractivity contribution in [3.05, 3.63) is 34.9 Å². The lowest BCUT2D eigenvalue weighted by atomic mass is 9.92. The van der Waals surface area contributed by atoms with Crippen molar-refractivity contribution in [1.82, 2.24) is 0 Å². The molecule has 0 saturated carbocycles. The smallest absolute Gasteiger partial charge is 0.111 e. The minimum Gasteiger partial charge on any atom is -0.376 e. The first kappa shape index (κ1) is 17.5. The van der Waals surface area contributed by atoms with Gasteiger partial charge in [0.2, 0.25) is 0 Å². The first-order valence-corrected chi connectivity index (χ1v) is 9.12. The maximum atomic E-state index is 9.84. The zero-order valence-electron chi connectivity index (χ0n) is 14.4. The second kappa shape index (κ2) is 8.12. The van der Waals surface area contributed by atoms with Gasteiger partial charge in [0.1, 0.15) is 5.72 Å². The SMILES string of the molecule is CCCCCCCCc1ccc2c(c1)CC[C@H]2C[C@@](C)(N)O. The van der Waals surface area contributed by atoms with Crippen LogP contribution in [0.3, 0.4) is 0 Å². The van der Waals surface area contributed by atoms with E-state index < -0.39 is 5.72 Å². The van der Waals surface area contributed by atoms with E-state index in [9.17, 15) is 5.11 Å². The summed E-state index contributed by atoms with van der Waals surface area (Å²) in [5.74, 6) is 0.429. The Morgan fingerprint density at radius 3 is 2.64 bits per heavy atom. The second-order valence-electron chi connectivity index (χ2n) is 7.35. The van der Waals surface area contributed by atoms with Crippen LogP contribution < -0.4 is 5.73 Å². The number of aliphatic hydroxyl groups is 1. The molecule has 1 aromatic rings. The molecule has 22 heavy (non-hydrogen) atoms. The van der Waals surface area contributed by atoms with Crippen molar-refractivity contribution in [1.29, 1.82) is 0 Å². The maximum Gasteiger partial charge on any atom is 0.111 e. The van der Waals surface area contributed by atoms with Gasteiger partial charge in [0.25, 0.3) is 0 Å². The van der Waals surface area contributed by atoms with Crippen LogP contribution in [-0.2, 0) is 12.8 Å². The van der Waals surface area contributed by atoms with Crippen molar-refractivity contribution in [2.75, 3.05) is 0 Å². The molecule has 0 amide bonds. The van der Waals surface area contributed by atoms with Crippen LogP contribution in [0.2, 0.25) is 0 Å². The Balaban J connectivity index is 1.82. The van der Waals surface area contributed by atoms with E-state index in [0.29, 0.717) is 12.3 Å². The van der Waals surface area contributed by atoms with Crippen molar-refractivity contribution in [3.8, 4) is 0 Å². The summed E-state index contributed by atoms with van der Waals surface area (Å²) in [6, 6.07) is 6.96. The third-order valence-corrected chi connectivity index (χ3v) is 4.89. The molecule has 0 bridgehead atoms. The first-order valence-electron chi connectivity index (χ1n) is 9.12. The molecule has 2 rings (SSSR count). The van der Waals surface area contributed by atoms with Gasteiger partial charge in [-0.05, 0) is 61.6 Å². The van der Waals surface area contributed by atoms with Crippen LogP contribution in [0.4, 0.5) is 0 Å². The fourth-order valence-electron chi connectivity index (χ4n) is 3.73. The van der Waals surface area contributed by atoms with E-state index in [4.69, 9.17) is 5.73 Å². The molecule has 0 saturated heterocycles. The first-order chi connectivity index (χ1) is 10.5. The molecule has 2 atom stereocenters. The molecule has 2 heteroatoms. The van der Waals surface area contributed by atoms with Crippen LogP contribution >= 0.6 is 0 Å². The number of unbranched alkanes of at least 4 members (excludes halogenated alkanes) is 5. The Labute approximate surface area is 136 Å². The van der Waals surface area contributed by atoms with Crippen molar-refractivity contribution in [2.24, 2.45) is 5.73 Å². The monoisotopic (exact) mass is 303 g/mol. The standard InChI is InChI=1S/C20H33NO/c1-3-4-5-6-7-8-9-16-10-13-19-17(14-16)11-12-18(19)15-20(2,21)22/h10,13-14,18,22H,3-9,11-12,15,21H2,1-2H3/t18-,20-/m0/s1. The molecule has 2 nitrogen and oxygen atoms in total. The number of nitrogens with two attached hydrogens (primary N) is 1. The zero-order chi connectivity index (χ0) is 16.0. The Morgan fingerprint density at radius 1 is 1.18 bits per heavy atom. The number of fused-ring (bicyclic) bond motifs is 1. The van der Waals surface area contributed by atoms with Crippen LogP contribution in [-0.4, -0.2) is 10.8 Å². The van der Waals surface area contributed by atoms with Gasteiger partial charge in [-0.25, -0.2) is 0 Å². The molecular weight excluding hydrogens is 270 g/mol. The summed E-state index contributed by atoms with van der Waals surface area (Å²) in [5.41, 5.74) is 9.10.